The van der Waals surface area contributed by atoms with Gasteiger partial charge in [0.25, 0.3) is 0 Å². The fourth-order valence-electron chi connectivity index (χ4n) is 9.17. The number of likely N-dealkylation sites (tertiary alicyclic amines) is 2. The van der Waals surface area contributed by atoms with Crippen LogP contribution in [0.25, 0.3) is 44.4 Å². The topological polar surface area (TPSA) is 175 Å². The number of hydrogen-bond donors (Lipinski definition) is 4. The van der Waals surface area contributed by atoms with Crippen LogP contribution in [0.3, 0.4) is 0 Å². The van der Waals surface area contributed by atoms with Gasteiger partial charge in [-0.25, -0.2) is 19.6 Å². The third-order valence-corrected chi connectivity index (χ3v) is 12.9. The monoisotopic (exact) mass is 828 g/mol. The molecule has 2 saturated heterocycles. The van der Waals surface area contributed by atoms with Crippen LogP contribution in [0.15, 0.2) is 73.1 Å². The van der Waals surface area contributed by atoms with E-state index in [1.165, 1.54) is 14.2 Å². The van der Waals surface area contributed by atoms with E-state index in [2.05, 4.69) is 95.1 Å². The lowest BCUT2D eigenvalue weighted by molar-refractivity contribution is -0.141. The summed E-state index contributed by atoms with van der Waals surface area (Å²) >= 11 is 0. The highest BCUT2D eigenvalue weighted by Crippen LogP contribution is 2.38. The molecule has 14 heteroatoms. The van der Waals surface area contributed by atoms with E-state index in [0.717, 1.165) is 101 Å². The normalized spacial score (nSPS) is 21.6. The zero-order valence-corrected chi connectivity index (χ0v) is 35.6. The van der Waals surface area contributed by atoms with Gasteiger partial charge in [0.1, 0.15) is 23.7 Å². The quantitative estimate of drug-likeness (QED) is 0.109. The summed E-state index contributed by atoms with van der Waals surface area (Å²) < 4.78 is 9.59. The second-order valence-corrected chi connectivity index (χ2v) is 17.3. The fraction of sp³-hybridized carbons (Fsp3) is 0.447. The minimum absolute atomic E-state index is 0.0650. The van der Waals surface area contributed by atoms with Crippen LogP contribution in [0.5, 0.6) is 0 Å². The number of benzene rings is 3. The van der Waals surface area contributed by atoms with Crippen molar-refractivity contribution in [3.05, 3.63) is 84.7 Å². The summed E-state index contributed by atoms with van der Waals surface area (Å²) in [7, 11) is 2.61. The molecule has 1 aliphatic carbocycles. The van der Waals surface area contributed by atoms with Gasteiger partial charge in [-0.1, -0.05) is 68.8 Å². The number of nitrogens with one attached hydrogen (secondary N) is 4. The molecule has 8 rings (SSSR count). The largest absolute Gasteiger partial charge is 0.453 e. The van der Waals surface area contributed by atoms with E-state index in [0.29, 0.717) is 24.9 Å². The fourth-order valence-corrected chi connectivity index (χ4v) is 9.17. The lowest BCUT2D eigenvalue weighted by Gasteiger charge is -2.42. The molecule has 5 aromatic rings. The Kier molecular flexibility index (Phi) is 12.1. The number of fused-ring (bicyclic) bond motifs is 1. The molecule has 3 fully saturated rings. The first-order chi connectivity index (χ1) is 29.5. The molecular formula is C47H56N8O6. The summed E-state index contributed by atoms with van der Waals surface area (Å²) in [5.74, 6) is 2.06. The average Bonchev–Trinajstić information content (AvgIpc) is 3.96. The Morgan fingerprint density at radius 1 is 0.639 bits per heavy atom. The first-order valence-corrected chi connectivity index (χ1v) is 21.5. The second-order valence-electron chi connectivity index (χ2n) is 17.3. The highest BCUT2D eigenvalue weighted by atomic mass is 16.5. The van der Waals surface area contributed by atoms with Gasteiger partial charge in [-0.15, -0.1) is 0 Å². The summed E-state index contributed by atoms with van der Waals surface area (Å²) in [6.45, 7) is 7.16. The maximum absolute atomic E-state index is 14.1. The van der Waals surface area contributed by atoms with Gasteiger partial charge in [-0.05, 0) is 103 Å². The summed E-state index contributed by atoms with van der Waals surface area (Å²) in [5.41, 5.74) is 5.93. The van der Waals surface area contributed by atoms with Crippen LogP contribution >= 0.6 is 0 Å². The zero-order chi connectivity index (χ0) is 42.8. The molecule has 2 aliphatic heterocycles. The molecular weight excluding hydrogens is 773 g/mol. The van der Waals surface area contributed by atoms with E-state index in [1.807, 2.05) is 22.2 Å². The van der Waals surface area contributed by atoms with Crippen LogP contribution in [0.4, 0.5) is 9.59 Å². The smallest absolute Gasteiger partial charge is 0.407 e. The lowest BCUT2D eigenvalue weighted by atomic mass is 9.78. The van der Waals surface area contributed by atoms with Crippen molar-refractivity contribution in [2.45, 2.75) is 89.9 Å². The molecule has 1 saturated carbocycles. The van der Waals surface area contributed by atoms with Gasteiger partial charge in [0.2, 0.25) is 11.8 Å². The third kappa shape index (κ3) is 8.85. The number of amides is 4. The molecule has 3 aromatic carbocycles. The lowest BCUT2D eigenvalue weighted by Crippen LogP contribution is -2.56. The maximum Gasteiger partial charge on any atom is 0.407 e. The Bertz CT molecular complexity index is 2390. The maximum atomic E-state index is 14.1. The number of H-pyrrole nitrogens is 2. The van der Waals surface area contributed by atoms with Crippen molar-refractivity contribution in [2.75, 3.05) is 27.3 Å². The predicted molar refractivity (Wildman–Crippen MR) is 232 cm³/mol. The van der Waals surface area contributed by atoms with Crippen LogP contribution in [0.2, 0.25) is 0 Å². The molecule has 4 amide bonds. The predicted octanol–water partition coefficient (Wildman–Crippen LogP) is 8.16. The van der Waals surface area contributed by atoms with Crippen molar-refractivity contribution in [1.82, 2.24) is 40.4 Å². The SMILES string of the molecule is COC(=O)N[C@@H](C)C(=O)N1C[C@@H](C)CC[C@H]1c1ncc(-c2ccc3cc(-c4ccc(-c5cnc([C@@H]6CC[C@H](C)CN6C(=O)[C@@H](NC(=O)OC)C6CCC6)[nH]5)cc4)ccc3c2)[nH]1. The molecule has 0 bridgehead atoms. The van der Waals surface area contributed by atoms with Crippen LogP contribution in [-0.2, 0) is 19.1 Å². The second kappa shape index (κ2) is 17.8. The minimum atomic E-state index is -0.723. The number of aromatic nitrogens is 4. The molecule has 14 nitrogen and oxygen atoms in total. The van der Waals surface area contributed by atoms with Crippen molar-refractivity contribution in [3.63, 3.8) is 0 Å². The summed E-state index contributed by atoms with van der Waals surface area (Å²) in [6.07, 6.45) is 8.85. The van der Waals surface area contributed by atoms with Crippen LogP contribution in [0.1, 0.15) is 89.4 Å². The van der Waals surface area contributed by atoms with Gasteiger partial charge in [-0.2, -0.15) is 0 Å². The number of imidazole rings is 2. The molecule has 2 aromatic heterocycles. The number of nitrogens with zero attached hydrogens (tertiary/aromatic N) is 4. The standard InChI is InChI=1S/C47H56N8O6/c1-27-9-19-39(54(25-27)44(56)29(3)50-46(58)60-4)42-49-24-38(52-42)36-18-17-34-21-33(15-16-35(34)22-36)30-11-13-31(14-12-30)37-23-48-43(51-37)40-20-10-28(2)26-55(40)45(57)41(32-7-6-8-32)53-47(59)61-5/h11-18,21-24,27-29,32,39-41H,6-10,19-20,25-26H2,1-5H3,(H,48,51)(H,49,52)(H,50,58)(H,53,59)/t27-,28-,29-,39-,40-,41-/m0/s1. The van der Waals surface area contributed by atoms with E-state index < -0.39 is 24.3 Å². The van der Waals surface area contributed by atoms with E-state index in [4.69, 9.17) is 19.4 Å². The average molecular weight is 829 g/mol. The Morgan fingerprint density at radius 3 is 1.69 bits per heavy atom. The Hall–Kier alpha value is -6.18. The molecule has 0 spiro atoms. The van der Waals surface area contributed by atoms with E-state index >= 15 is 0 Å². The van der Waals surface area contributed by atoms with Gasteiger partial charge < -0.3 is 39.9 Å². The number of alkyl carbamates (subject to hydrolysis) is 2. The number of methoxy groups -OCH3 is 2. The van der Waals surface area contributed by atoms with Crippen LogP contribution < -0.4 is 10.6 Å². The molecule has 61 heavy (non-hydrogen) atoms. The first-order valence-electron chi connectivity index (χ1n) is 21.5. The summed E-state index contributed by atoms with van der Waals surface area (Å²) in [6, 6.07) is 19.5. The van der Waals surface area contributed by atoms with Crippen molar-refractivity contribution in [3.8, 4) is 33.6 Å². The molecule has 0 radical (unpaired) electrons. The summed E-state index contributed by atoms with van der Waals surface area (Å²) in [5, 5.41) is 7.64. The Labute approximate surface area is 356 Å². The number of aromatic amines is 2. The number of hydrogen-bond acceptors (Lipinski definition) is 8. The molecule has 0 unspecified atom stereocenters. The number of piperidine rings is 2. The number of carbonyl (C=O) groups excluding carboxylic acids is 4. The highest BCUT2D eigenvalue weighted by Gasteiger charge is 2.41. The van der Waals surface area contributed by atoms with Crippen molar-refractivity contribution >= 4 is 34.8 Å². The first kappa shape index (κ1) is 41.5. The number of carbonyl (C=O) groups is 4. The molecule has 4 heterocycles. The molecule has 4 N–H and O–H groups in total. The third-order valence-electron chi connectivity index (χ3n) is 12.9. The van der Waals surface area contributed by atoms with E-state index in [9.17, 15) is 19.2 Å². The minimum Gasteiger partial charge on any atom is -0.453 e. The van der Waals surface area contributed by atoms with Gasteiger partial charge in [-0.3, -0.25) is 9.59 Å². The number of rotatable bonds is 10. The number of ether oxygens (including phenoxy) is 2. The summed E-state index contributed by atoms with van der Waals surface area (Å²) in [4.78, 5) is 71.9. The van der Waals surface area contributed by atoms with E-state index in [-0.39, 0.29) is 29.8 Å². The van der Waals surface area contributed by atoms with E-state index in [1.54, 1.807) is 6.92 Å². The van der Waals surface area contributed by atoms with Crippen molar-refractivity contribution in [2.24, 2.45) is 17.8 Å². The van der Waals surface area contributed by atoms with Crippen LogP contribution in [0, 0.1) is 17.8 Å². The Morgan fingerprint density at radius 2 is 1.13 bits per heavy atom. The molecule has 6 atom stereocenters. The van der Waals surface area contributed by atoms with Crippen LogP contribution in [-0.4, -0.2) is 93.1 Å². The van der Waals surface area contributed by atoms with Gasteiger partial charge in [0.15, 0.2) is 0 Å². The molecule has 3 aliphatic rings. The highest BCUT2D eigenvalue weighted by molar-refractivity contribution is 5.91. The zero-order valence-electron chi connectivity index (χ0n) is 35.6. The van der Waals surface area contributed by atoms with Crippen molar-refractivity contribution < 1.29 is 28.7 Å². The van der Waals surface area contributed by atoms with Gasteiger partial charge in [0.05, 0.1) is 50.1 Å². The van der Waals surface area contributed by atoms with Gasteiger partial charge in [0, 0.05) is 18.7 Å². The Balaban J connectivity index is 0.953. The molecule has 320 valence electrons. The van der Waals surface area contributed by atoms with Gasteiger partial charge >= 0.3 is 12.2 Å². The van der Waals surface area contributed by atoms with Crippen molar-refractivity contribution in [1.29, 1.82) is 0 Å².